The average molecular weight is 264 g/mol. The number of nitro groups is 1. The third kappa shape index (κ3) is 3.82. The van der Waals surface area contributed by atoms with E-state index in [2.05, 4.69) is 29.9 Å². The molecule has 1 N–H and O–H groups in total. The number of anilines is 1. The van der Waals surface area contributed by atoms with Crippen molar-refractivity contribution in [3.63, 3.8) is 0 Å². The maximum absolute atomic E-state index is 10.9. The van der Waals surface area contributed by atoms with E-state index < -0.39 is 13.0 Å². The van der Waals surface area contributed by atoms with Crippen LogP contribution in [0.4, 0.5) is 11.5 Å². The Labute approximate surface area is 107 Å². The van der Waals surface area contributed by atoms with Gasteiger partial charge < -0.3 is 5.32 Å². The normalized spacial score (nSPS) is 10.8. The van der Waals surface area contributed by atoms with Crippen molar-refractivity contribution in [1.29, 1.82) is 5.26 Å². The van der Waals surface area contributed by atoms with Gasteiger partial charge >= 0.3 is 5.69 Å². The van der Waals surface area contributed by atoms with Gasteiger partial charge in [-0.1, -0.05) is 19.6 Å². The minimum Gasteiger partial charge on any atom is -0.365 e. The van der Waals surface area contributed by atoms with Gasteiger partial charge in [0.05, 0.1) is 4.92 Å². The molecule has 18 heavy (non-hydrogen) atoms. The van der Waals surface area contributed by atoms with E-state index in [9.17, 15) is 10.1 Å². The summed E-state index contributed by atoms with van der Waals surface area (Å²) in [5.41, 5.74) is -0.207. The highest BCUT2D eigenvalue weighted by molar-refractivity contribution is 6.76. The molecule has 0 aliphatic heterocycles. The molecular formula is C11H16N4O2Si. The fourth-order valence-electron chi connectivity index (χ4n) is 1.41. The third-order valence-electron chi connectivity index (χ3n) is 2.39. The molecule has 0 aliphatic carbocycles. The van der Waals surface area contributed by atoms with Crippen molar-refractivity contribution in [3.05, 3.63) is 27.9 Å². The number of pyridine rings is 1. The van der Waals surface area contributed by atoms with E-state index in [1.807, 2.05) is 6.07 Å². The summed E-state index contributed by atoms with van der Waals surface area (Å²) >= 11 is 0. The van der Waals surface area contributed by atoms with Crippen LogP contribution in [0.25, 0.3) is 0 Å². The van der Waals surface area contributed by atoms with Crippen LogP contribution in [0.1, 0.15) is 5.56 Å². The summed E-state index contributed by atoms with van der Waals surface area (Å²) in [6.07, 6.45) is 1.41. The minimum absolute atomic E-state index is 0.0329. The van der Waals surface area contributed by atoms with E-state index >= 15 is 0 Å². The van der Waals surface area contributed by atoms with Crippen molar-refractivity contribution >= 4 is 19.6 Å². The lowest BCUT2D eigenvalue weighted by Crippen LogP contribution is -2.23. The van der Waals surface area contributed by atoms with Crippen LogP contribution in [0.15, 0.2) is 12.3 Å². The first-order valence-electron chi connectivity index (χ1n) is 5.62. The molecule has 0 bridgehead atoms. The maximum Gasteiger partial charge on any atom is 0.328 e. The van der Waals surface area contributed by atoms with E-state index in [1.165, 1.54) is 12.3 Å². The number of hydrogen-bond donors (Lipinski definition) is 1. The van der Waals surface area contributed by atoms with E-state index in [-0.39, 0.29) is 17.1 Å². The number of aromatic nitrogens is 1. The Morgan fingerprint density at radius 2 is 2.22 bits per heavy atom. The van der Waals surface area contributed by atoms with E-state index in [4.69, 9.17) is 5.26 Å². The summed E-state index contributed by atoms with van der Waals surface area (Å²) in [7, 11) is -1.20. The standard InChI is InChI=1S/C11H16N4O2Si/c1-18(2,3)7-6-14-11-10(15(16)17)9(8-12)4-5-13-11/h4-5H,6-7H2,1-3H3,(H,13,14). The Balaban J connectivity index is 2.90. The number of nitrogens with one attached hydrogen (secondary N) is 1. The monoisotopic (exact) mass is 264 g/mol. The van der Waals surface area contributed by atoms with Gasteiger partial charge in [0.2, 0.25) is 5.82 Å². The van der Waals surface area contributed by atoms with Crippen LogP contribution in [-0.2, 0) is 0 Å². The van der Waals surface area contributed by atoms with Crippen LogP contribution in [0.3, 0.4) is 0 Å². The van der Waals surface area contributed by atoms with Gasteiger partial charge in [0, 0.05) is 20.8 Å². The number of rotatable bonds is 5. The molecule has 0 amide bonds. The lowest BCUT2D eigenvalue weighted by Gasteiger charge is -2.16. The molecule has 1 aromatic rings. The Kier molecular flexibility index (Phi) is 4.39. The molecule has 0 unspecified atom stereocenters. The molecule has 6 nitrogen and oxygen atoms in total. The lowest BCUT2D eigenvalue weighted by atomic mass is 10.2. The van der Waals surface area contributed by atoms with Crippen molar-refractivity contribution in [2.45, 2.75) is 25.7 Å². The van der Waals surface area contributed by atoms with Crippen LogP contribution in [-0.4, -0.2) is 24.5 Å². The maximum atomic E-state index is 10.9. The largest absolute Gasteiger partial charge is 0.365 e. The summed E-state index contributed by atoms with van der Waals surface area (Å²) in [5.74, 6) is 0.178. The zero-order chi connectivity index (χ0) is 13.8. The molecule has 0 aliphatic rings. The summed E-state index contributed by atoms with van der Waals surface area (Å²) in [4.78, 5) is 14.3. The Hall–Kier alpha value is -1.94. The molecule has 0 aromatic carbocycles. The van der Waals surface area contributed by atoms with Gasteiger partial charge in [-0.15, -0.1) is 0 Å². The SMILES string of the molecule is C[Si](C)(C)CCNc1nccc(C#N)c1[N+](=O)[O-]. The second-order valence-electron chi connectivity index (χ2n) is 5.16. The second kappa shape index (κ2) is 5.60. The average Bonchev–Trinajstić information content (AvgIpc) is 2.26. The third-order valence-corrected chi connectivity index (χ3v) is 4.14. The minimum atomic E-state index is -1.20. The lowest BCUT2D eigenvalue weighted by molar-refractivity contribution is -0.384. The highest BCUT2D eigenvalue weighted by Crippen LogP contribution is 2.25. The van der Waals surface area contributed by atoms with Crippen molar-refractivity contribution < 1.29 is 4.92 Å². The molecule has 96 valence electrons. The Morgan fingerprint density at radius 3 is 2.72 bits per heavy atom. The number of hydrogen-bond acceptors (Lipinski definition) is 5. The highest BCUT2D eigenvalue weighted by Gasteiger charge is 2.21. The first-order valence-corrected chi connectivity index (χ1v) is 9.33. The van der Waals surface area contributed by atoms with Crippen LogP contribution in [0.2, 0.25) is 25.7 Å². The molecule has 0 atom stereocenters. The van der Waals surface area contributed by atoms with Crippen molar-refractivity contribution in [3.8, 4) is 6.07 Å². The molecule has 0 fully saturated rings. The molecule has 0 saturated heterocycles. The van der Waals surface area contributed by atoms with Gasteiger partial charge in [-0.2, -0.15) is 5.26 Å². The molecule has 0 radical (unpaired) electrons. The number of nitriles is 1. The molecule has 1 heterocycles. The van der Waals surface area contributed by atoms with E-state index in [0.29, 0.717) is 6.54 Å². The van der Waals surface area contributed by atoms with Gasteiger partial charge in [-0.05, 0) is 12.1 Å². The van der Waals surface area contributed by atoms with Crippen LogP contribution in [0, 0.1) is 21.4 Å². The van der Waals surface area contributed by atoms with E-state index in [1.54, 1.807) is 0 Å². The van der Waals surface area contributed by atoms with Crippen molar-refractivity contribution in [1.82, 2.24) is 4.98 Å². The fourth-order valence-corrected chi connectivity index (χ4v) is 2.29. The van der Waals surface area contributed by atoms with Crippen LogP contribution in [0.5, 0.6) is 0 Å². The first kappa shape index (κ1) is 14.1. The van der Waals surface area contributed by atoms with Crippen molar-refractivity contribution in [2.24, 2.45) is 0 Å². The fraction of sp³-hybridized carbons (Fsp3) is 0.455. The van der Waals surface area contributed by atoms with Gasteiger partial charge in [0.1, 0.15) is 11.6 Å². The molecule has 7 heteroatoms. The molecule has 0 saturated carbocycles. The summed E-state index contributed by atoms with van der Waals surface area (Å²) in [6.45, 7) is 7.31. The summed E-state index contributed by atoms with van der Waals surface area (Å²) in [5, 5.41) is 22.7. The van der Waals surface area contributed by atoms with Gasteiger partial charge in [0.15, 0.2) is 0 Å². The van der Waals surface area contributed by atoms with Crippen LogP contribution < -0.4 is 5.32 Å². The number of nitrogens with zero attached hydrogens (tertiary/aromatic N) is 3. The van der Waals surface area contributed by atoms with Crippen LogP contribution >= 0.6 is 0 Å². The Morgan fingerprint density at radius 1 is 1.56 bits per heavy atom. The molecular weight excluding hydrogens is 248 g/mol. The van der Waals surface area contributed by atoms with Gasteiger partial charge in [-0.3, -0.25) is 10.1 Å². The molecule has 0 spiro atoms. The van der Waals surface area contributed by atoms with E-state index in [0.717, 1.165) is 6.04 Å². The zero-order valence-electron chi connectivity index (χ0n) is 10.7. The first-order chi connectivity index (χ1) is 8.35. The summed E-state index contributed by atoms with van der Waals surface area (Å²) < 4.78 is 0. The molecule has 1 rings (SSSR count). The summed E-state index contributed by atoms with van der Waals surface area (Å²) in [6, 6.07) is 4.15. The highest BCUT2D eigenvalue weighted by atomic mass is 28.3. The van der Waals surface area contributed by atoms with Crippen molar-refractivity contribution in [2.75, 3.05) is 11.9 Å². The van der Waals surface area contributed by atoms with Gasteiger partial charge in [-0.25, -0.2) is 4.98 Å². The Bertz CT molecular complexity index is 491. The van der Waals surface area contributed by atoms with Gasteiger partial charge in [0.25, 0.3) is 0 Å². The quantitative estimate of drug-likeness (QED) is 0.501. The smallest absolute Gasteiger partial charge is 0.328 e. The topological polar surface area (TPSA) is 91.8 Å². The predicted octanol–water partition coefficient (Wildman–Crippen LogP) is 2.61. The second-order valence-corrected chi connectivity index (χ2v) is 10.8. The predicted molar refractivity (Wildman–Crippen MR) is 72.2 cm³/mol. The molecule has 1 aromatic heterocycles. The zero-order valence-corrected chi connectivity index (χ0v) is 11.7.